The molecule has 0 radical (unpaired) electrons. The molecule has 8 heteroatoms. The minimum absolute atomic E-state index is 0.264. The average Bonchev–Trinajstić information content (AvgIpc) is 3.09. The summed E-state index contributed by atoms with van der Waals surface area (Å²) in [5.41, 5.74) is 4.13. The van der Waals surface area contributed by atoms with Gasteiger partial charge in [-0.3, -0.25) is 19.3 Å². The molecule has 0 aliphatic carbocycles. The van der Waals surface area contributed by atoms with Gasteiger partial charge in [-0.05, 0) is 66.6 Å². The molecule has 1 aliphatic heterocycles. The molecular formula is C27H23ClN2O4S. The Labute approximate surface area is 212 Å². The lowest BCUT2D eigenvalue weighted by Gasteiger charge is -2.15. The Balaban J connectivity index is 1.38. The van der Waals surface area contributed by atoms with Crippen molar-refractivity contribution in [1.29, 1.82) is 0 Å². The minimum atomic E-state index is -0.490. The molecule has 1 fully saturated rings. The third-order valence-electron chi connectivity index (χ3n) is 5.45. The summed E-state index contributed by atoms with van der Waals surface area (Å²) in [5.74, 6) is -0.264. The highest BCUT2D eigenvalue weighted by atomic mass is 35.5. The van der Waals surface area contributed by atoms with Crippen LogP contribution in [0.15, 0.2) is 71.6 Å². The largest absolute Gasteiger partial charge is 0.489 e. The van der Waals surface area contributed by atoms with E-state index in [1.165, 1.54) is 0 Å². The van der Waals surface area contributed by atoms with Crippen molar-refractivity contribution in [1.82, 2.24) is 4.90 Å². The number of hydrogen-bond acceptors (Lipinski definition) is 5. The van der Waals surface area contributed by atoms with Gasteiger partial charge in [0.15, 0.2) is 0 Å². The molecule has 0 spiro atoms. The van der Waals surface area contributed by atoms with Crippen molar-refractivity contribution in [3.63, 3.8) is 0 Å². The van der Waals surface area contributed by atoms with Gasteiger partial charge in [-0.1, -0.05) is 60.1 Å². The summed E-state index contributed by atoms with van der Waals surface area (Å²) in [6.45, 7) is 3.77. The van der Waals surface area contributed by atoms with E-state index in [0.717, 1.165) is 38.9 Å². The van der Waals surface area contributed by atoms with Crippen LogP contribution in [0.25, 0.3) is 6.08 Å². The Hall–Kier alpha value is -3.55. The fourth-order valence-electron chi connectivity index (χ4n) is 3.56. The summed E-state index contributed by atoms with van der Waals surface area (Å²) in [4.78, 5) is 39.0. The molecule has 0 saturated carbocycles. The Morgan fingerprint density at radius 3 is 2.37 bits per heavy atom. The molecule has 1 N–H and O–H groups in total. The van der Waals surface area contributed by atoms with Crippen molar-refractivity contribution in [3.05, 3.63) is 98.9 Å². The van der Waals surface area contributed by atoms with E-state index in [1.807, 2.05) is 56.3 Å². The van der Waals surface area contributed by atoms with Gasteiger partial charge in [0.1, 0.15) is 18.9 Å². The second-order valence-corrected chi connectivity index (χ2v) is 9.43. The summed E-state index contributed by atoms with van der Waals surface area (Å²) in [5, 5.41) is 2.98. The van der Waals surface area contributed by atoms with Crippen LogP contribution in [0.1, 0.15) is 22.3 Å². The first kappa shape index (κ1) is 24.6. The summed E-state index contributed by atoms with van der Waals surface area (Å²) >= 11 is 6.97. The Bertz CT molecular complexity index is 1300. The average molecular weight is 507 g/mol. The van der Waals surface area contributed by atoms with E-state index in [1.54, 1.807) is 30.3 Å². The standard InChI is InChI=1S/C27H23ClN2O4S/c1-17-6-5-7-18(2)25(17)29-24(31)15-30-26(32)23(35-27(30)33)14-19-10-12-21(13-11-19)34-16-20-8-3-4-9-22(20)28/h3-14H,15-16H2,1-2H3,(H,29,31)/b23-14+. The molecule has 1 heterocycles. The molecule has 1 saturated heterocycles. The fourth-order valence-corrected chi connectivity index (χ4v) is 4.59. The van der Waals surface area contributed by atoms with Crippen molar-refractivity contribution in [3.8, 4) is 5.75 Å². The maximum absolute atomic E-state index is 12.8. The smallest absolute Gasteiger partial charge is 0.294 e. The van der Waals surface area contributed by atoms with Gasteiger partial charge in [0, 0.05) is 16.3 Å². The number of rotatable bonds is 7. The van der Waals surface area contributed by atoms with Crippen LogP contribution in [-0.4, -0.2) is 28.5 Å². The van der Waals surface area contributed by atoms with Crippen LogP contribution in [0.3, 0.4) is 0 Å². The molecule has 35 heavy (non-hydrogen) atoms. The molecule has 4 rings (SSSR count). The number of aryl methyl sites for hydroxylation is 2. The fraction of sp³-hybridized carbons (Fsp3) is 0.148. The van der Waals surface area contributed by atoms with Gasteiger partial charge in [-0.2, -0.15) is 0 Å². The number of para-hydroxylation sites is 1. The minimum Gasteiger partial charge on any atom is -0.489 e. The maximum Gasteiger partial charge on any atom is 0.294 e. The van der Waals surface area contributed by atoms with Gasteiger partial charge in [0.2, 0.25) is 5.91 Å². The molecule has 3 amide bonds. The number of carbonyl (C=O) groups is 3. The summed E-state index contributed by atoms with van der Waals surface area (Å²) in [7, 11) is 0. The van der Waals surface area contributed by atoms with E-state index in [-0.39, 0.29) is 11.4 Å². The molecule has 3 aromatic carbocycles. The van der Waals surface area contributed by atoms with E-state index in [9.17, 15) is 14.4 Å². The van der Waals surface area contributed by atoms with Crippen LogP contribution < -0.4 is 10.1 Å². The van der Waals surface area contributed by atoms with Gasteiger partial charge in [0.25, 0.3) is 11.1 Å². The number of thioether (sulfide) groups is 1. The molecule has 0 aromatic heterocycles. The highest BCUT2D eigenvalue weighted by molar-refractivity contribution is 8.18. The zero-order valence-electron chi connectivity index (χ0n) is 19.2. The van der Waals surface area contributed by atoms with Gasteiger partial charge in [0.05, 0.1) is 4.91 Å². The van der Waals surface area contributed by atoms with Crippen molar-refractivity contribution in [2.45, 2.75) is 20.5 Å². The molecule has 178 valence electrons. The summed E-state index contributed by atoms with van der Waals surface area (Å²) in [6, 6.07) is 20.3. The third-order valence-corrected chi connectivity index (χ3v) is 6.73. The summed E-state index contributed by atoms with van der Waals surface area (Å²) in [6.07, 6.45) is 1.63. The van der Waals surface area contributed by atoms with Crippen LogP contribution in [0.5, 0.6) is 5.75 Å². The van der Waals surface area contributed by atoms with Crippen LogP contribution in [0.2, 0.25) is 5.02 Å². The summed E-state index contributed by atoms with van der Waals surface area (Å²) < 4.78 is 5.78. The SMILES string of the molecule is Cc1cccc(C)c1NC(=O)CN1C(=O)S/C(=C/c2ccc(OCc3ccccc3Cl)cc2)C1=O. The number of ether oxygens (including phenoxy) is 1. The van der Waals surface area contributed by atoms with E-state index in [2.05, 4.69) is 5.32 Å². The van der Waals surface area contributed by atoms with Crippen molar-refractivity contribution in [2.75, 3.05) is 11.9 Å². The molecule has 6 nitrogen and oxygen atoms in total. The molecule has 0 bridgehead atoms. The number of carbonyl (C=O) groups excluding carboxylic acids is 3. The van der Waals surface area contributed by atoms with Gasteiger partial charge in [-0.25, -0.2) is 0 Å². The lowest BCUT2D eigenvalue weighted by Crippen LogP contribution is -2.36. The first-order valence-corrected chi connectivity index (χ1v) is 12.1. The second-order valence-electron chi connectivity index (χ2n) is 8.03. The topological polar surface area (TPSA) is 75.7 Å². The van der Waals surface area contributed by atoms with E-state index in [0.29, 0.717) is 23.1 Å². The first-order chi connectivity index (χ1) is 16.8. The zero-order valence-corrected chi connectivity index (χ0v) is 20.8. The highest BCUT2D eigenvalue weighted by Crippen LogP contribution is 2.32. The second kappa shape index (κ2) is 10.8. The highest BCUT2D eigenvalue weighted by Gasteiger charge is 2.36. The van der Waals surface area contributed by atoms with Crippen molar-refractivity contribution in [2.24, 2.45) is 0 Å². The number of imide groups is 1. The van der Waals surface area contributed by atoms with Crippen LogP contribution in [0.4, 0.5) is 10.5 Å². The number of benzene rings is 3. The quantitative estimate of drug-likeness (QED) is 0.385. The Kier molecular flexibility index (Phi) is 7.58. The van der Waals surface area contributed by atoms with Crippen molar-refractivity contribution < 1.29 is 19.1 Å². The van der Waals surface area contributed by atoms with Crippen LogP contribution in [-0.2, 0) is 16.2 Å². The van der Waals surface area contributed by atoms with E-state index in [4.69, 9.17) is 16.3 Å². The third kappa shape index (κ3) is 5.93. The van der Waals surface area contributed by atoms with Gasteiger partial charge in [-0.15, -0.1) is 0 Å². The molecule has 1 aliphatic rings. The normalized spacial score (nSPS) is 14.5. The predicted octanol–water partition coefficient (Wildman–Crippen LogP) is 6.21. The monoisotopic (exact) mass is 506 g/mol. The number of halogens is 1. The molecule has 0 unspecified atom stereocenters. The number of nitrogens with zero attached hydrogens (tertiary/aromatic N) is 1. The molecule has 0 atom stereocenters. The lowest BCUT2D eigenvalue weighted by atomic mass is 10.1. The zero-order chi connectivity index (χ0) is 24.9. The number of amides is 3. The van der Waals surface area contributed by atoms with Crippen molar-refractivity contribution >= 4 is 52.2 Å². The van der Waals surface area contributed by atoms with E-state index >= 15 is 0 Å². The maximum atomic E-state index is 12.8. The van der Waals surface area contributed by atoms with Gasteiger partial charge >= 0.3 is 0 Å². The van der Waals surface area contributed by atoms with Crippen LogP contribution in [0, 0.1) is 13.8 Å². The predicted molar refractivity (Wildman–Crippen MR) is 139 cm³/mol. The molecule has 3 aromatic rings. The van der Waals surface area contributed by atoms with E-state index < -0.39 is 17.1 Å². The van der Waals surface area contributed by atoms with Gasteiger partial charge < -0.3 is 10.1 Å². The molecular weight excluding hydrogens is 484 g/mol. The van der Waals surface area contributed by atoms with Crippen LogP contribution >= 0.6 is 23.4 Å². The Morgan fingerprint density at radius 2 is 1.69 bits per heavy atom. The lowest BCUT2D eigenvalue weighted by molar-refractivity contribution is -0.127. The first-order valence-electron chi connectivity index (χ1n) is 10.9. The number of hydrogen-bond donors (Lipinski definition) is 1. The number of nitrogens with one attached hydrogen (secondary N) is 1. The Morgan fingerprint density at radius 1 is 1.00 bits per heavy atom. The number of anilines is 1.